The summed E-state index contributed by atoms with van der Waals surface area (Å²) in [6.07, 6.45) is 1.85. The van der Waals surface area contributed by atoms with Gasteiger partial charge in [0, 0.05) is 18.1 Å². The SMILES string of the molecule is CCC(CC)CNS(=O)(=O)c1cc(Cl)cc(CNC)c1Cl. The van der Waals surface area contributed by atoms with Gasteiger partial charge >= 0.3 is 0 Å². The fraction of sp³-hybridized carbons (Fsp3) is 0.571. The molecule has 1 rings (SSSR count). The zero-order chi connectivity index (χ0) is 16.0. The summed E-state index contributed by atoms with van der Waals surface area (Å²) in [5.74, 6) is 0.314. The summed E-state index contributed by atoms with van der Waals surface area (Å²) >= 11 is 12.2. The van der Waals surface area contributed by atoms with Crippen LogP contribution in [0.3, 0.4) is 0 Å². The predicted octanol–water partition coefficient (Wildman–Crippen LogP) is 3.43. The van der Waals surface area contributed by atoms with E-state index in [0.717, 1.165) is 12.8 Å². The van der Waals surface area contributed by atoms with Crippen LogP contribution in [0.4, 0.5) is 0 Å². The van der Waals surface area contributed by atoms with Crippen LogP contribution in [0.25, 0.3) is 0 Å². The summed E-state index contributed by atoms with van der Waals surface area (Å²) in [4.78, 5) is 0.0351. The Kier molecular flexibility index (Phi) is 7.44. The van der Waals surface area contributed by atoms with Crippen LogP contribution in [0, 0.1) is 5.92 Å². The highest BCUT2D eigenvalue weighted by atomic mass is 35.5. The van der Waals surface area contributed by atoms with E-state index in [9.17, 15) is 8.42 Å². The molecule has 0 atom stereocenters. The van der Waals surface area contributed by atoms with E-state index in [-0.39, 0.29) is 9.92 Å². The maximum Gasteiger partial charge on any atom is 0.242 e. The van der Waals surface area contributed by atoms with E-state index in [1.165, 1.54) is 6.07 Å². The number of nitrogens with one attached hydrogen (secondary N) is 2. The van der Waals surface area contributed by atoms with Gasteiger partial charge in [0.05, 0.1) is 5.02 Å². The molecular formula is C14H22Cl2N2O2S. The Morgan fingerprint density at radius 1 is 1.19 bits per heavy atom. The van der Waals surface area contributed by atoms with Crippen molar-refractivity contribution in [3.63, 3.8) is 0 Å². The second kappa shape index (κ2) is 8.34. The predicted molar refractivity (Wildman–Crippen MR) is 88.5 cm³/mol. The van der Waals surface area contributed by atoms with Gasteiger partial charge in [-0.15, -0.1) is 0 Å². The third kappa shape index (κ3) is 5.11. The average molecular weight is 353 g/mol. The molecule has 0 radical (unpaired) electrons. The largest absolute Gasteiger partial charge is 0.316 e. The summed E-state index contributed by atoms with van der Waals surface area (Å²) < 4.78 is 27.5. The van der Waals surface area contributed by atoms with Gasteiger partial charge < -0.3 is 5.32 Å². The topological polar surface area (TPSA) is 58.2 Å². The number of rotatable bonds is 8. The maximum atomic E-state index is 12.4. The average Bonchev–Trinajstić information content (AvgIpc) is 2.43. The first-order valence-electron chi connectivity index (χ1n) is 6.97. The molecule has 1 aromatic rings. The van der Waals surface area contributed by atoms with Crippen LogP contribution in [-0.4, -0.2) is 22.0 Å². The number of sulfonamides is 1. The lowest BCUT2D eigenvalue weighted by molar-refractivity contribution is 0.479. The minimum Gasteiger partial charge on any atom is -0.316 e. The van der Waals surface area contributed by atoms with Gasteiger partial charge in [0.15, 0.2) is 0 Å². The van der Waals surface area contributed by atoms with E-state index in [2.05, 4.69) is 10.0 Å². The van der Waals surface area contributed by atoms with Gasteiger partial charge in [-0.05, 0) is 30.7 Å². The van der Waals surface area contributed by atoms with Crippen molar-refractivity contribution in [2.75, 3.05) is 13.6 Å². The Hall–Kier alpha value is -0.330. The minimum absolute atomic E-state index is 0.0351. The summed E-state index contributed by atoms with van der Waals surface area (Å²) in [6, 6.07) is 3.05. The highest BCUT2D eigenvalue weighted by molar-refractivity contribution is 7.89. The van der Waals surface area contributed by atoms with E-state index in [1.807, 2.05) is 13.8 Å². The van der Waals surface area contributed by atoms with Gasteiger partial charge in [-0.2, -0.15) is 0 Å². The molecule has 0 aromatic heterocycles. The second-order valence-corrected chi connectivity index (χ2v) is 7.49. The van der Waals surface area contributed by atoms with Crippen LogP contribution in [0.15, 0.2) is 17.0 Å². The lowest BCUT2D eigenvalue weighted by Crippen LogP contribution is -2.29. The molecule has 7 heteroatoms. The van der Waals surface area contributed by atoms with E-state index >= 15 is 0 Å². The van der Waals surface area contributed by atoms with Crippen LogP contribution in [0.2, 0.25) is 10.0 Å². The fourth-order valence-corrected chi connectivity index (χ4v) is 4.06. The molecule has 0 aliphatic rings. The van der Waals surface area contributed by atoms with Crippen molar-refractivity contribution in [3.05, 3.63) is 27.7 Å². The fourth-order valence-electron chi connectivity index (χ4n) is 2.02. The third-order valence-corrected chi connectivity index (χ3v) is 5.68. The molecule has 0 aliphatic carbocycles. The molecule has 1 aromatic carbocycles. The van der Waals surface area contributed by atoms with E-state index < -0.39 is 10.0 Å². The summed E-state index contributed by atoms with van der Waals surface area (Å²) in [7, 11) is -1.90. The summed E-state index contributed by atoms with van der Waals surface area (Å²) in [5.41, 5.74) is 0.662. The maximum absolute atomic E-state index is 12.4. The highest BCUT2D eigenvalue weighted by Crippen LogP contribution is 2.29. The number of benzene rings is 1. The molecule has 4 nitrogen and oxygen atoms in total. The normalized spacial score (nSPS) is 12.1. The van der Waals surface area contributed by atoms with Gasteiger partial charge in [-0.1, -0.05) is 49.9 Å². The number of hydrogen-bond donors (Lipinski definition) is 2. The van der Waals surface area contributed by atoms with Crippen molar-refractivity contribution in [2.45, 2.75) is 38.1 Å². The molecule has 0 fully saturated rings. The minimum atomic E-state index is -3.66. The Balaban J connectivity index is 3.07. The molecule has 120 valence electrons. The van der Waals surface area contributed by atoms with Crippen LogP contribution in [0.5, 0.6) is 0 Å². The molecule has 0 unspecified atom stereocenters. The number of halogens is 2. The lowest BCUT2D eigenvalue weighted by Gasteiger charge is -2.15. The van der Waals surface area contributed by atoms with Gasteiger partial charge in [0.25, 0.3) is 0 Å². The van der Waals surface area contributed by atoms with Crippen molar-refractivity contribution in [1.29, 1.82) is 0 Å². The number of hydrogen-bond acceptors (Lipinski definition) is 3. The first kappa shape index (κ1) is 18.7. The Labute approximate surface area is 137 Å². The Morgan fingerprint density at radius 2 is 1.81 bits per heavy atom. The first-order chi connectivity index (χ1) is 9.85. The molecule has 0 aliphatic heterocycles. The van der Waals surface area contributed by atoms with E-state index in [1.54, 1.807) is 13.1 Å². The first-order valence-corrected chi connectivity index (χ1v) is 9.21. The van der Waals surface area contributed by atoms with Crippen LogP contribution >= 0.6 is 23.2 Å². The zero-order valence-electron chi connectivity index (χ0n) is 12.5. The van der Waals surface area contributed by atoms with Crippen LogP contribution in [0.1, 0.15) is 32.3 Å². The zero-order valence-corrected chi connectivity index (χ0v) is 14.9. The molecule has 2 N–H and O–H groups in total. The van der Waals surface area contributed by atoms with Crippen molar-refractivity contribution in [1.82, 2.24) is 10.0 Å². The molecule has 0 saturated heterocycles. The lowest BCUT2D eigenvalue weighted by atomic mass is 10.0. The van der Waals surface area contributed by atoms with Gasteiger partial charge in [-0.25, -0.2) is 13.1 Å². The van der Waals surface area contributed by atoms with Gasteiger partial charge in [-0.3, -0.25) is 0 Å². The molecule has 0 heterocycles. The molecule has 0 saturated carbocycles. The summed E-state index contributed by atoms with van der Waals surface area (Å²) in [5, 5.41) is 3.51. The highest BCUT2D eigenvalue weighted by Gasteiger charge is 2.21. The van der Waals surface area contributed by atoms with E-state index in [4.69, 9.17) is 23.2 Å². The quantitative estimate of drug-likeness (QED) is 0.753. The van der Waals surface area contributed by atoms with Gasteiger partial charge in [0.2, 0.25) is 10.0 Å². The standard InChI is InChI=1S/C14H22Cl2N2O2S/c1-4-10(5-2)8-18-21(19,20)13-7-12(15)6-11(9-17-3)14(13)16/h6-7,10,17-18H,4-5,8-9H2,1-3H3. The molecule has 0 amide bonds. The van der Waals surface area contributed by atoms with Gasteiger partial charge in [0.1, 0.15) is 4.90 Å². The van der Waals surface area contributed by atoms with Crippen LogP contribution in [-0.2, 0) is 16.6 Å². The smallest absolute Gasteiger partial charge is 0.242 e. The van der Waals surface area contributed by atoms with E-state index in [0.29, 0.717) is 29.6 Å². The Bertz CT molecular complexity index is 573. The van der Waals surface area contributed by atoms with Crippen molar-refractivity contribution >= 4 is 33.2 Å². The van der Waals surface area contributed by atoms with Crippen LogP contribution < -0.4 is 10.0 Å². The monoisotopic (exact) mass is 352 g/mol. The molecule has 0 bridgehead atoms. The third-order valence-electron chi connectivity index (χ3n) is 3.45. The molecule has 21 heavy (non-hydrogen) atoms. The summed E-state index contributed by atoms with van der Waals surface area (Å²) in [6.45, 7) is 4.94. The van der Waals surface area contributed by atoms with Crippen molar-refractivity contribution in [3.8, 4) is 0 Å². The van der Waals surface area contributed by atoms with Crippen molar-refractivity contribution < 1.29 is 8.42 Å². The molecular weight excluding hydrogens is 331 g/mol. The molecule has 0 spiro atoms. The second-order valence-electron chi connectivity index (χ2n) is 4.94. The van der Waals surface area contributed by atoms with Crippen molar-refractivity contribution in [2.24, 2.45) is 5.92 Å². The Morgan fingerprint density at radius 3 is 2.33 bits per heavy atom.